The molecule has 0 bridgehead atoms. The van der Waals surface area contributed by atoms with Crippen LogP contribution in [0.3, 0.4) is 0 Å². The van der Waals surface area contributed by atoms with E-state index in [1.165, 1.54) is 6.42 Å². The summed E-state index contributed by atoms with van der Waals surface area (Å²) in [4.78, 5) is 9.54. The van der Waals surface area contributed by atoms with E-state index in [4.69, 9.17) is 5.11 Å². The van der Waals surface area contributed by atoms with Crippen LogP contribution in [0.4, 0.5) is 0 Å². The van der Waals surface area contributed by atoms with Crippen LogP contribution in [0.5, 0.6) is 0 Å². The smallest absolute Gasteiger partial charge is 0.163 e. The summed E-state index contributed by atoms with van der Waals surface area (Å²) in [5.74, 6) is -0.836. The van der Waals surface area contributed by atoms with Gasteiger partial charge in [0, 0.05) is 31.1 Å². The molecule has 0 fully saturated rings. The van der Waals surface area contributed by atoms with Crippen molar-refractivity contribution in [3.63, 3.8) is 0 Å². The average molecular weight is 325 g/mol. The molecule has 2 nitrogen and oxygen atoms in total. The van der Waals surface area contributed by atoms with Gasteiger partial charge in [-0.15, -0.1) is 0 Å². The number of carbonyl (C=O) groups is 1. The molecule has 0 heterocycles. The minimum atomic E-state index is -0.836. The van der Waals surface area contributed by atoms with Crippen molar-refractivity contribution in [3.05, 3.63) is 6.42 Å². The fourth-order valence-corrected chi connectivity index (χ4v) is 0.175. The summed E-state index contributed by atoms with van der Waals surface area (Å²) >= 11 is 0. The standard InChI is InChI=1S/C4H7O2.U/c1-2-3-4(5)6;/h3H,2H2,1H3,(H,5,6);/q-1;. The second kappa shape index (κ2) is 6.39. The molecule has 0 aliphatic rings. The maximum Gasteiger partial charge on any atom is 0.163 e. The van der Waals surface area contributed by atoms with Gasteiger partial charge in [0.2, 0.25) is 0 Å². The molecule has 0 aromatic carbocycles. The molecule has 0 spiro atoms. The normalized spacial score (nSPS) is 6.43. The Morgan fingerprint density at radius 3 is 2.29 bits per heavy atom. The van der Waals surface area contributed by atoms with Crippen LogP contribution in [0.25, 0.3) is 0 Å². The maximum atomic E-state index is 9.54. The van der Waals surface area contributed by atoms with Crippen molar-refractivity contribution in [1.82, 2.24) is 0 Å². The van der Waals surface area contributed by atoms with Gasteiger partial charge in [-0.05, 0) is 0 Å². The molecular weight excluding hydrogens is 318 g/mol. The van der Waals surface area contributed by atoms with Crippen molar-refractivity contribution in [3.8, 4) is 0 Å². The number of carboxylic acids is 1. The van der Waals surface area contributed by atoms with E-state index in [2.05, 4.69) is 0 Å². The Hall–Kier alpha value is 0.392. The van der Waals surface area contributed by atoms with E-state index in [1.807, 2.05) is 0 Å². The van der Waals surface area contributed by atoms with Crippen molar-refractivity contribution < 1.29 is 41.0 Å². The summed E-state index contributed by atoms with van der Waals surface area (Å²) in [5.41, 5.74) is 0. The van der Waals surface area contributed by atoms with Gasteiger partial charge in [0.1, 0.15) is 0 Å². The second-order valence-electron chi connectivity index (χ2n) is 0.951. The van der Waals surface area contributed by atoms with Crippen molar-refractivity contribution >= 4 is 5.97 Å². The van der Waals surface area contributed by atoms with Crippen LogP contribution in [0, 0.1) is 37.5 Å². The zero-order valence-electron chi connectivity index (χ0n) is 4.14. The summed E-state index contributed by atoms with van der Waals surface area (Å²) in [6, 6.07) is 0. The number of carboxylic acid groups (broad SMARTS) is 1. The van der Waals surface area contributed by atoms with Crippen LogP contribution in [0.2, 0.25) is 0 Å². The molecular formula is C4H7O2U-. The Kier molecular flexibility index (Phi) is 9.49. The summed E-state index contributed by atoms with van der Waals surface area (Å²) in [5, 5.41) is 7.86. The van der Waals surface area contributed by atoms with Crippen molar-refractivity contribution in [1.29, 1.82) is 0 Å². The number of hydrogen-bond donors (Lipinski definition) is 1. The quantitative estimate of drug-likeness (QED) is 0.759. The Balaban J connectivity index is 0. The van der Waals surface area contributed by atoms with Gasteiger partial charge in [-0.3, -0.25) is 11.2 Å². The van der Waals surface area contributed by atoms with Crippen LogP contribution >= 0.6 is 0 Å². The van der Waals surface area contributed by atoms with Gasteiger partial charge in [-0.25, -0.2) is 0 Å². The molecule has 7 heavy (non-hydrogen) atoms. The topological polar surface area (TPSA) is 37.3 Å². The zero-order chi connectivity index (χ0) is 4.99. The predicted octanol–water partition coefficient (Wildman–Crippen LogP) is 0.685. The number of rotatable bonds is 2. The molecule has 1 N–H and O–H groups in total. The zero-order valence-corrected chi connectivity index (χ0v) is 8.30. The van der Waals surface area contributed by atoms with Crippen LogP contribution < -0.4 is 0 Å². The Morgan fingerprint density at radius 1 is 1.86 bits per heavy atom. The summed E-state index contributed by atoms with van der Waals surface area (Å²) in [6.07, 6.45) is 1.81. The summed E-state index contributed by atoms with van der Waals surface area (Å²) in [6.45, 7) is 1.79. The van der Waals surface area contributed by atoms with E-state index in [9.17, 15) is 4.79 Å². The van der Waals surface area contributed by atoms with E-state index in [0.717, 1.165) is 0 Å². The van der Waals surface area contributed by atoms with E-state index < -0.39 is 5.97 Å². The first kappa shape index (κ1) is 10.4. The van der Waals surface area contributed by atoms with Crippen molar-refractivity contribution in [2.45, 2.75) is 13.3 Å². The molecule has 3 heteroatoms. The molecule has 0 unspecified atom stereocenters. The molecule has 40 valence electrons. The SMILES string of the molecule is CC[CH-]C(=O)O.[U]. The van der Waals surface area contributed by atoms with Crippen LogP contribution in [0.15, 0.2) is 0 Å². The van der Waals surface area contributed by atoms with Crippen molar-refractivity contribution in [2.75, 3.05) is 0 Å². The minimum absolute atomic E-state index is 0. The fraction of sp³-hybridized carbons (Fsp3) is 0.500. The predicted molar refractivity (Wildman–Crippen MR) is 22.2 cm³/mol. The molecule has 0 aliphatic heterocycles. The molecule has 0 radical (unpaired) electrons. The van der Waals surface area contributed by atoms with Crippen LogP contribution in [-0.2, 0) is 4.79 Å². The second-order valence-corrected chi connectivity index (χ2v) is 0.951. The van der Waals surface area contributed by atoms with E-state index in [1.54, 1.807) is 6.92 Å². The molecule has 0 rings (SSSR count). The molecule has 0 aliphatic carbocycles. The summed E-state index contributed by atoms with van der Waals surface area (Å²) < 4.78 is 0. The van der Waals surface area contributed by atoms with Crippen molar-refractivity contribution in [2.24, 2.45) is 0 Å². The third kappa shape index (κ3) is 10.7. The number of hydrogen-bond acceptors (Lipinski definition) is 1. The Morgan fingerprint density at radius 2 is 2.29 bits per heavy atom. The molecule has 0 saturated heterocycles. The molecule has 0 aromatic heterocycles. The third-order valence-corrected chi connectivity index (χ3v) is 0.379. The molecule has 0 saturated carbocycles. The van der Waals surface area contributed by atoms with E-state index >= 15 is 0 Å². The Bertz CT molecular complexity index is 53.7. The first-order valence-electron chi connectivity index (χ1n) is 1.83. The molecule has 0 aromatic rings. The first-order valence-corrected chi connectivity index (χ1v) is 1.83. The summed E-state index contributed by atoms with van der Waals surface area (Å²) in [7, 11) is 0. The Labute approximate surface area is 66.7 Å². The van der Waals surface area contributed by atoms with Gasteiger partial charge < -0.3 is 5.11 Å². The van der Waals surface area contributed by atoms with Gasteiger partial charge in [0.05, 0.1) is 0 Å². The van der Waals surface area contributed by atoms with Gasteiger partial charge >= 0.3 is 0 Å². The minimum Gasteiger partial charge on any atom is -0.503 e. The van der Waals surface area contributed by atoms with Gasteiger partial charge in [0.25, 0.3) is 0 Å². The van der Waals surface area contributed by atoms with Gasteiger partial charge in [-0.1, -0.05) is 6.92 Å². The number of aliphatic carboxylic acids is 1. The van der Waals surface area contributed by atoms with Gasteiger partial charge in [0.15, 0.2) is 5.97 Å². The third-order valence-electron chi connectivity index (χ3n) is 0.379. The van der Waals surface area contributed by atoms with E-state index in [-0.39, 0.29) is 31.1 Å². The van der Waals surface area contributed by atoms with E-state index in [0.29, 0.717) is 6.42 Å². The fourth-order valence-electron chi connectivity index (χ4n) is 0.175. The van der Waals surface area contributed by atoms with Crippen LogP contribution in [0.1, 0.15) is 13.3 Å². The molecule has 0 amide bonds. The van der Waals surface area contributed by atoms with Crippen LogP contribution in [-0.4, -0.2) is 11.1 Å². The molecule has 0 atom stereocenters. The van der Waals surface area contributed by atoms with Gasteiger partial charge in [-0.2, -0.15) is 6.42 Å². The first-order chi connectivity index (χ1) is 2.77. The maximum absolute atomic E-state index is 9.54. The monoisotopic (exact) mass is 325 g/mol. The largest absolute Gasteiger partial charge is 0.503 e. The average Bonchev–Trinajstić information content (AvgIpc) is 1.35.